The lowest BCUT2D eigenvalue weighted by Gasteiger charge is -2.32. The molecule has 1 fully saturated rings. The summed E-state index contributed by atoms with van der Waals surface area (Å²) in [6.07, 6.45) is 2.27. The van der Waals surface area contributed by atoms with E-state index in [0.29, 0.717) is 31.8 Å². The van der Waals surface area contributed by atoms with Crippen LogP contribution in [0.5, 0.6) is 11.9 Å². The summed E-state index contributed by atoms with van der Waals surface area (Å²) in [5.74, 6) is 0.299. The predicted octanol–water partition coefficient (Wildman–Crippen LogP) is 1.78. The monoisotopic (exact) mass is 400 g/mol. The van der Waals surface area contributed by atoms with Gasteiger partial charge in [0.15, 0.2) is 0 Å². The van der Waals surface area contributed by atoms with Crippen LogP contribution in [0.15, 0.2) is 42.6 Å². The first-order valence-electron chi connectivity index (χ1n) is 9.40. The van der Waals surface area contributed by atoms with E-state index in [-0.39, 0.29) is 31.2 Å². The topological polar surface area (TPSA) is 103 Å². The predicted molar refractivity (Wildman–Crippen MR) is 103 cm³/mol. The van der Waals surface area contributed by atoms with E-state index in [2.05, 4.69) is 15.3 Å². The van der Waals surface area contributed by atoms with Gasteiger partial charge >= 0.3 is 12.1 Å². The van der Waals surface area contributed by atoms with E-state index < -0.39 is 6.09 Å². The van der Waals surface area contributed by atoms with Gasteiger partial charge in [0.25, 0.3) is 0 Å². The van der Waals surface area contributed by atoms with Crippen molar-refractivity contribution in [2.75, 3.05) is 26.7 Å². The highest BCUT2D eigenvalue weighted by Gasteiger charge is 2.24. The summed E-state index contributed by atoms with van der Waals surface area (Å²) in [4.78, 5) is 33.8. The second kappa shape index (κ2) is 10.3. The lowest BCUT2D eigenvalue weighted by Crippen LogP contribution is -2.46. The molecule has 2 heterocycles. The molecule has 0 aliphatic carbocycles. The van der Waals surface area contributed by atoms with Gasteiger partial charge in [0.2, 0.25) is 11.8 Å². The second-order valence-corrected chi connectivity index (χ2v) is 6.49. The number of methoxy groups -OCH3 is 1. The Morgan fingerprint density at radius 1 is 1.17 bits per heavy atom. The maximum atomic E-state index is 12.3. The van der Waals surface area contributed by atoms with Crippen LogP contribution in [0.25, 0.3) is 0 Å². The summed E-state index contributed by atoms with van der Waals surface area (Å²) in [6, 6.07) is 11.3. The normalized spacial score (nSPS) is 14.2. The largest absolute Gasteiger partial charge is 0.474 e. The fourth-order valence-corrected chi connectivity index (χ4v) is 2.92. The van der Waals surface area contributed by atoms with Crippen molar-refractivity contribution in [2.45, 2.75) is 25.6 Å². The van der Waals surface area contributed by atoms with Gasteiger partial charge in [-0.1, -0.05) is 30.3 Å². The van der Waals surface area contributed by atoms with Gasteiger partial charge in [0.05, 0.1) is 7.11 Å². The first kappa shape index (κ1) is 20.4. The molecular formula is C20H24N4O5. The van der Waals surface area contributed by atoms with Crippen molar-refractivity contribution in [2.24, 2.45) is 0 Å². The minimum Gasteiger partial charge on any atom is -0.474 e. The lowest BCUT2D eigenvalue weighted by molar-refractivity contribution is -0.131. The molecule has 1 saturated heterocycles. The number of carbonyl (C=O) groups is 2. The van der Waals surface area contributed by atoms with Gasteiger partial charge in [-0.15, -0.1) is 0 Å². The van der Waals surface area contributed by atoms with E-state index in [1.165, 1.54) is 7.11 Å². The van der Waals surface area contributed by atoms with Crippen molar-refractivity contribution < 1.29 is 23.8 Å². The number of nitrogens with one attached hydrogen (secondary N) is 1. The van der Waals surface area contributed by atoms with Crippen LogP contribution in [0.2, 0.25) is 0 Å². The number of piperidine rings is 1. The molecule has 1 aliphatic heterocycles. The fourth-order valence-electron chi connectivity index (χ4n) is 2.92. The SMILES string of the molecule is COc1nccc(OC2CCN(C(=O)CNC(=O)OCc3ccccc3)CC2)n1. The Morgan fingerprint density at radius 3 is 2.66 bits per heavy atom. The highest BCUT2D eigenvalue weighted by Crippen LogP contribution is 2.18. The van der Waals surface area contributed by atoms with E-state index in [0.717, 1.165) is 5.56 Å². The molecule has 1 aromatic carbocycles. The van der Waals surface area contributed by atoms with E-state index >= 15 is 0 Å². The molecule has 0 unspecified atom stereocenters. The molecule has 29 heavy (non-hydrogen) atoms. The Morgan fingerprint density at radius 2 is 1.93 bits per heavy atom. The minimum atomic E-state index is -0.613. The zero-order valence-electron chi connectivity index (χ0n) is 16.2. The zero-order chi connectivity index (χ0) is 20.5. The highest BCUT2D eigenvalue weighted by atomic mass is 16.5. The summed E-state index contributed by atoms with van der Waals surface area (Å²) in [7, 11) is 1.49. The van der Waals surface area contributed by atoms with Crippen molar-refractivity contribution in [3.8, 4) is 11.9 Å². The van der Waals surface area contributed by atoms with Crippen LogP contribution in [0.4, 0.5) is 4.79 Å². The van der Waals surface area contributed by atoms with E-state index in [1.54, 1.807) is 17.2 Å². The first-order valence-corrected chi connectivity index (χ1v) is 9.40. The van der Waals surface area contributed by atoms with Crippen molar-refractivity contribution >= 4 is 12.0 Å². The third kappa shape index (κ3) is 6.34. The first-order chi connectivity index (χ1) is 14.1. The van der Waals surface area contributed by atoms with Gasteiger partial charge in [-0.3, -0.25) is 4.79 Å². The highest BCUT2D eigenvalue weighted by molar-refractivity contribution is 5.82. The summed E-state index contributed by atoms with van der Waals surface area (Å²) in [5, 5.41) is 2.50. The molecule has 9 heteroatoms. The number of aromatic nitrogens is 2. The Balaban J connectivity index is 1.35. The van der Waals surface area contributed by atoms with Crippen LogP contribution in [0.3, 0.4) is 0 Å². The number of nitrogens with zero attached hydrogens (tertiary/aromatic N) is 3. The molecule has 3 rings (SSSR count). The number of alkyl carbamates (subject to hydrolysis) is 1. The molecule has 0 atom stereocenters. The molecule has 2 amide bonds. The number of ether oxygens (including phenoxy) is 3. The van der Waals surface area contributed by atoms with Gasteiger partial charge in [-0.2, -0.15) is 4.98 Å². The second-order valence-electron chi connectivity index (χ2n) is 6.49. The molecule has 2 aromatic rings. The molecule has 1 aliphatic rings. The number of rotatable bonds is 7. The van der Waals surface area contributed by atoms with Gasteiger partial charge in [0, 0.05) is 38.2 Å². The van der Waals surface area contributed by atoms with Crippen molar-refractivity contribution in [1.29, 1.82) is 0 Å². The molecule has 9 nitrogen and oxygen atoms in total. The van der Waals surface area contributed by atoms with Crippen LogP contribution in [0.1, 0.15) is 18.4 Å². The summed E-state index contributed by atoms with van der Waals surface area (Å²) in [6.45, 7) is 1.17. The smallest absolute Gasteiger partial charge is 0.407 e. The van der Waals surface area contributed by atoms with Crippen LogP contribution in [-0.4, -0.2) is 59.7 Å². The quantitative estimate of drug-likeness (QED) is 0.756. The lowest BCUT2D eigenvalue weighted by atomic mass is 10.1. The van der Waals surface area contributed by atoms with Crippen molar-refractivity contribution in [3.05, 3.63) is 48.2 Å². The molecule has 154 valence electrons. The average Bonchev–Trinajstić information content (AvgIpc) is 2.77. The van der Waals surface area contributed by atoms with Crippen LogP contribution >= 0.6 is 0 Å². The number of likely N-dealkylation sites (tertiary alicyclic amines) is 1. The van der Waals surface area contributed by atoms with Gasteiger partial charge in [-0.25, -0.2) is 9.78 Å². The fraction of sp³-hybridized carbons (Fsp3) is 0.400. The Bertz CT molecular complexity index is 810. The third-order valence-corrected chi connectivity index (χ3v) is 4.47. The molecular weight excluding hydrogens is 376 g/mol. The molecule has 1 aromatic heterocycles. The number of carbonyl (C=O) groups excluding carboxylic acids is 2. The van der Waals surface area contributed by atoms with Gasteiger partial charge in [-0.05, 0) is 5.56 Å². The van der Waals surface area contributed by atoms with Crippen LogP contribution in [0, 0.1) is 0 Å². The standard InChI is InChI=1S/C20H24N4O5/c1-27-19-21-10-7-17(23-19)29-16-8-11-24(12-9-16)18(25)13-22-20(26)28-14-15-5-3-2-4-6-15/h2-7,10,16H,8-9,11-14H2,1H3,(H,22,26). The Kier molecular flexibility index (Phi) is 7.21. The summed E-state index contributed by atoms with van der Waals surface area (Å²) >= 11 is 0. The molecule has 0 radical (unpaired) electrons. The number of amides is 2. The third-order valence-electron chi connectivity index (χ3n) is 4.47. The molecule has 0 spiro atoms. The maximum absolute atomic E-state index is 12.3. The number of benzene rings is 1. The van der Waals surface area contributed by atoms with Gasteiger partial charge in [0.1, 0.15) is 19.3 Å². The molecule has 1 N–H and O–H groups in total. The van der Waals surface area contributed by atoms with E-state index in [9.17, 15) is 9.59 Å². The van der Waals surface area contributed by atoms with E-state index in [4.69, 9.17) is 14.2 Å². The maximum Gasteiger partial charge on any atom is 0.407 e. The summed E-state index contributed by atoms with van der Waals surface area (Å²) < 4.78 is 15.9. The summed E-state index contributed by atoms with van der Waals surface area (Å²) in [5.41, 5.74) is 0.886. The van der Waals surface area contributed by atoms with Crippen LogP contribution < -0.4 is 14.8 Å². The van der Waals surface area contributed by atoms with Crippen molar-refractivity contribution in [3.63, 3.8) is 0 Å². The van der Waals surface area contributed by atoms with Crippen molar-refractivity contribution in [1.82, 2.24) is 20.2 Å². The number of hydrogen-bond acceptors (Lipinski definition) is 7. The number of hydrogen-bond donors (Lipinski definition) is 1. The average molecular weight is 400 g/mol. The van der Waals surface area contributed by atoms with Gasteiger partial charge < -0.3 is 24.4 Å². The minimum absolute atomic E-state index is 0.0394. The van der Waals surface area contributed by atoms with E-state index in [1.807, 2.05) is 30.3 Å². The zero-order valence-corrected chi connectivity index (χ0v) is 16.2. The van der Waals surface area contributed by atoms with Crippen LogP contribution in [-0.2, 0) is 16.1 Å². The Labute approximate surface area is 169 Å². The molecule has 0 bridgehead atoms. The Hall–Kier alpha value is -3.36. The molecule has 0 saturated carbocycles.